The van der Waals surface area contributed by atoms with Gasteiger partial charge in [-0.2, -0.15) is 0 Å². The van der Waals surface area contributed by atoms with Crippen LogP contribution in [-0.4, -0.2) is 32.7 Å². The van der Waals surface area contributed by atoms with Crippen molar-refractivity contribution in [1.82, 2.24) is 0 Å². The molecule has 2 aromatic rings. The standard InChI is InChI=1S/C16H16BrNO4/c1-20-12-4-5-14(21-2)13(8-12)18-9-10-6-11(17)7-15(22-3)16(10)19/h4-9,19H,1-3H3. The number of halogens is 1. The summed E-state index contributed by atoms with van der Waals surface area (Å²) in [6, 6.07) is 8.73. The van der Waals surface area contributed by atoms with E-state index in [0.717, 1.165) is 4.47 Å². The van der Waals surface area contributed by atoms with Gasteiger partial charge in [0.05, 0.1) is 21.3 Å². The predicted octanol–water partition coefficient (Wildman–Crippen LogP) is 3.93. The molecule has 1 N–H and O–H groups in total. The fourth-order valence-electron chi connectivity index (χ4n) is 1.89. The zero-order valence-corrected chi connectivity index (χ0v) is 14.0. The van der Waals surface area contributed by atoms with Crippen molar-refractivity contribution in [3.8, 4) is 23.0 Å². The summed E-state index contributed by atoms with van der Waals surface area (Å²) in [6.45, 7) is 0. The number of methoxy groups -OCH3 is 3. The van der Waals surface area contributed by atoms with Gasteiger partial charge in [0, 0.05) is 22.3 Å². The SMILES string of the molecule is COc1ccc(OC)c(N=Cc2cc(Br)cc(OC)c2O)c1. The predicted molar refractivity (Wildman–Crippen MR) is 89.2 cm³/mol. The number of hydrogen-bond donors (Lipinski definition) is 1. The van der Waals surface area contributed by atoms with Crippen LogP contribution in [0.2, 0.25) is 0 Å². The minimum atomic E-state index is 0.0244. The van der Waals surface area contributed by atoms with E-state index in [4.69, 9.17) is 14.2 Å². The molecular weight excluding hydrogens is 350 g/mol. The zero-order chi connectivity index (χ0) is 16.1. The van der Waals surface area contributed by atoms with Gasteiger partial charge in [-0.15, -0.1) is 0 Å². The van der Waals surface area contributed by atoms with Crippen LogP contribution < -0.4 is 14.2 Å². The van der Waals surface area contributed by atoms with Crippen molar-refractivity contribution in [2.75, 3.05) is 21.3 Å². The molecule has 0 fully saturated rings. The fourth-order valence-corrected chi connectivity index (χ4v) is 2.34. The van der Waals surface area contributed by atoms with Crippen molar-refractivity contribution < 1.29 is 19.3 Å². The second-order valence-corrected chi connectivity index (χ2v) is 5.26. The molecule has 0 amide bonds. The van der Waals surface area contributed by atoms with Gasteiger partial charge >= 0.3 is 0 Å². The average Bonchev–Trinajstić information content (AvgIpc) is 2.54. The zero-order valence-electron chi connectivity index (χ0n) is 12.5. The van der Waals surface area contributed by atoms with E-state index in [1.54, 1.807) is 50.8 Å². The minimum absolute atomic E-state index is 0.0244. The Hall–Kier alpha value is -2.21. The molecule has 0 aliphatic carbocycles. The highest BCUT2D eigenvalue weighted by molar-refractivity contribution is 9.10. The first-order chi connectivity index (χ1) is 10.6. The Morgan fingerprint density at radius 1 is 1.00 bits per heavy atom. The van der Waals surface area contributed by atoms with Crippen molar-refractivity contribution >= 4 is 27.8 Å². The van der Waals surface area contributed by atoms with Crippen molar-refractivity contribution in [2.45, 2.75) is 0 Å². The second kappa shape index (κ2) is 7.17. The van der Waals surface area contributed by atoms with Gasteiger partial charge in [-0.05, 0) is 24.3 Å². The lowest BCUT2D eigenvalue weighted by Gasteiger charge is -2.08. The van der Waals surface area contributed by atoms with Crippen LogP contribution in [0.3, 0.4) is 0 Å². The third-order valence-corrected chi connectivity index (χ3v) is 3.48. The molecule has 0 atom stereocenters. The number of ether oxygens (including phenoxy) is 3. The summed E-state index contributed by atoms with van der Waals surface area (Å²) in [4.78, 5) is 4.37. The van der Waals surface area contributed by atoms with Crippen LogP contribution in [0.15, 0.2) is 39.8 Å². The first-order valence-corrected chi connectivity index (χ1v) is 7.21. The Kier molecular flexibility index (Phi) is 5.27. The van der Waals surface area contributed by atoms with Crippen LogP contribution in [0, 0.1) is 0 Å². The summed E-state index contributed by atoms with van der Waals surface area (Å²) in [5, 5.41) is 10.1. The van der Waals surface area contributed by atoms with Gasteiger partial charge in [0.2, 0.25) is 0 Å². The number of rotatable bonds is 5. The molecule has 0 saturated carbocycles. The summed E-state index contributed by atoms with van der Waals surface area (Å²) >= 11 is 3.37. The Morgan fingerprint density at radius 2 is 1.73 bits per heavy atom. The summed E-state index contributed by atoms with van der Waals surface area (Å²) in [6.07, 6.45) is 1.54. The first-order valence-electron chi connectivity index (χ1n) is 6.41. The molecule has 116 valence electrons. The highest BCUT2D eigenvalue weighted by atomic mass is 79.9. The van der Waals surface area contributed by atoms with Gasteiger partial charge < -0.3 is 19.3 Å². The molecule has 22 heavy (non-hydrogen) atoms. The van der Waals surface area contributed by atoms with E-state index in [-0.39, 0.29) is 5.75 Å². The van der Waals surface area contributed by atoms with E-state index in [0.29, 0.717) is 28.5 Å². The third kappa shape index (κ3) is 3.51. The average molecular weight is 366 g/mol. The number of benzene rings is 2. The topological polar surface area (TPSA) is 60.3 Å². The van der Waals surface area contributed by atoms with Gasteiger partial charge in [0.15, 0.2) is 11.5 Å². The van der Waals surface area contributed by atoms with E-state index in [1.165, 1.54) is 7.11 Å². The molecule has 0 bridgehead atoms. The van der Waals surface area contributed by atoms with Crippen molar-refractivity contribution in [2.24, 2.45) is 4.99 Å². The molecule has 0 spiro atoms. The monoisotopic (exact) mass is 365 g/mol. The van der Waals surface area contributed by atoms with Crippen LogP contribution in [0.25, 0.3) is 0 Å². The largest absolute Gasteiger partial charge is 0.504 e. The van der Waals surface area contributed by atoms with Gasteiger partial charge in [-0.3, -0.25) is 4.99 Å². The van der Waals surface area contributed by atoms with E-state index < -0.39 is 0 Å². The Balaban J connectivity index is 2.42. The smallest absolute Gasteiger partial charge is 0.166 e. The van der Waals surface area contributed by atoms with Crippen molar-refractivity contribution in [3.63, 3.8) is 0 Å². The molecular formula is C16H16BrNO4. The molecule has 2 rings (SSSR count). The normalized spacial score (nSPS) is 10.7. The number of hydrogen-bond acceptors (Lipinski definition) is 5. The van der Waals surface area contributed by atoms with Gasteiger partial charge in [-0.1, -0.05) is 15.9 Å². The highest BCUT2D eigenvalue weighted by Crippen LogP contribution is 2.34. The summed E-state index contributed by atoms with van der Waals surface area (Å²) in [5.41, 5.74) is 1.12. The Morgan fingerprint density at radius 3 is 2.36 bits per heavy atom. The number of phenolic OH excluding ortho intramolecular Hbond substituents is 1. The third-order valence-electron chi connectivity index (χ3n) is 3.02. The van der Waals surface area contributed by atoms with E-state index >= 15 is 0 Å². The van der Waals surface area contributed by atoms with E-state index in [9.17, 15) is 5.11 Å². The summed E-state index contributed by atoms with van der Waals surface area (Å²) in [7, 11) is 4.65. The second-order valence-electron chi connectivity index (χ2n) is 4.34. The molecule has 5 nitrogen and oxygen atoms in total. The maximum Gasteiger partial charge on any atom is 0.166 e. The lowest BCUT2D eigenvalue weighted by molar-refractivity contribution is 0.373. The van der Waals surface area contributed by atoms with E-state index in [1.807, 2.05) is 0 Å². The molecule has 0 unspecified atom stereocenters. The van der Waals surface area contributed by atoms with Gasteiger partial charge in [0.1, 0.15) is 17.2 Å². The van der Waals surface area contributed by atoms with Crippen molar-refractivity contribution in [1.29, 1.82) is 0 Å². The molecule has 0 heterocycles. The summed E-state index contributed by atoms with van der Waals surface area (Å²) < 4.78 is 16.3. The number of nitrogens with zero attached hydrogens (tertiary/aromatic N) is 1. The van der Waals surface area contributed by atoms with Crippen LogP contribution >= 0.6 is 15.9 Å². The molecule has 0 aliphatic rings. The van der Waals surface area contributed by atoms with Gasteiger partial charge in [-0.25, -0.2) is 0 Å². The first kappa shape index (κ1) is 16.2. The van der Waals surface area contributed by atoms with Crippen LogP contribution in [0.5, 0.6) is 23.0 Å². The summed E-state index contributed by atoms with van der Waals surface area (Å²) in [5.74, 6) is 1.67. The minimum Gasteiger partial charge on any atom is -0.504 e. The maximum atomic E-state index is 10.1. The number of aliphatic imine (C=N–C) groups is 1. The quantitative estimate of drug-likeness (QED) is 0.815. The van der Waals surface area contributed by atoms with Gasteiger partial charge in [0.25, 0.3) is 0 Å². The molecule has 0 aliphatic heterocycles. The Labute approximate surface area is 137 Å². The lowest BCUT2D eigenvalue weighted by Crippen LogP contribution is -1.90. The van der Waals surface area contributed by atoms with Crippen LogP contribution in [0.4, 0.5) is 5.69 Å². The molecule has 0 saturated heterocycles. The fraction of sp³-hybridized carbons (Fsp3) is 0.188. The van der Waals surface area contributed by atoms with E-state index in [2.05, 4.69) is 20.9 Å². The number of aromatic hydroxyl groups is 1. The molecule has 2 aromatic carbocycles. The highest BCUT2D eigenvalue weighted by Gasteiger charge is 2.09. The Bertz CT molecular complexity index is 701. The molecule has 6 heteroatoms. The number of phenols is 1. The maximum absolute atomic E-state index is 10.1. The van der Waals surface area contributed by atoms with Crippen molar-refractivity contribution in [3.05, 3.63) is 40.4 Å². The lowest BCUT2D eigenvalue weighted by atomic mass is 10.2. The van der Waals surface area contributed by atoms with Crippen LogP contribution in [-0.2, 0) is 0 Å². The molecule has 0 aromatic heterocycles. The van der Waals surface area contributed by atoms with Crippen LogP contribution in [0.1, 0.15) is 5.56 Å². The molecule has 0 radical (unpaired) electrons.